The Morgan fingerprint density at radius 3 is 1.69 bits per heavy atom. The fourth-order valence-corrected chi connectivity index (χ4v) is 5.02. The molecule has 0 saturated carbocycles. The van der Waals surface area contributed by atoms with Gasteiger partial charge in [0.1, 0.15) is 18.1 Å². The number of azo groups is 1. The maximum Gasteiger partial charge on any atom is 0.347 e. The molecule has 1 unspecified atom stereocenters. The molecule has 52 heavy (non-hydrogen) atoms. The van der Waals surface area contributed by atoms with E-state index in [1.54, 1.807) is 24.3 Å². The predicted molar refractivity (Wildman–Crippen MR) is 201 cm³/mol. The highest BCUT2D eigenvalue weighted by molar-refractivity contribution is 5.91. The van der Waals surface area contributed by atoms with Gasteiger partial charge in [0.05, 0.1) is 36.8 Å². The molecule has 0 aromatic heterocycles. The van der Waals surface area contributed by atoms with Crippen LogP contribution >= 0.6 is 0 Å². The molecule has 3 aromatic carbocycles. The monoisotopic (exact) mass is 714 g/mol. The SMILES string of the molecule is C=CC(=O)OCCCCCCCCCCOc1ccc(N=Nc2ccc(OCc3ccc(C(=O)OC(C)C(=O)OCCCCCC)cc3)cc2)cc1. The Balaban J connectivity index is 1.28. The Morgan fingerprint density at radius 1 is 0.635 bits per heavy atom. The van der Waals surface area contributed by atoms with Gasteiger partial charge in [-0.1, -0.05) is 83.4 Å². The van der Waals surface area contributed by atoms with Gasteiger partial charge >= 0.3 is 17.9 Å². The number of esters is 3. The zero-order valence-corrected chi connectivity index (χ0v) is 30.8. The molecule has 0 heterocycles. The van der Waals surface area contributed by atoms with E-state index in [0.29, 0.717) is 43.4 Å². The molecule has 0 radical (unpaired) electrons. The van der Waals surface area contributed by atoms with Crippen LogP contribution in [-0.4, -0.2) is 43.8 Å². The summed E-state index contributed by atoms with van der Waals surface area (Å²) in [6.07, 6.45) is 13.1. The molecule has 0 N–H and O–H groups in total. The molecule has 3 aromatic rings. The average Bonchev–Trinajstić information content (AvgIpc) is 3.17. The summed E-state index contributed by atoms with van der Waals surface area (Å²) in [6.45, 7) is 8.82. The molecule has 280 valence electrons. The lowest BCUT2D eigenvalue weighted by atomic mass is 10.1. The Hall–Kier alpha value is -4.99. The van der Waals surface area contributed by atoms with E-state index >= 15 is 0 Å². The van der Waals surface area contributed by atoms with Crippen LogP contribution in [-0.2, 0) is 30.4 Å². The van der Waals surface area contributed by atoms with E-state index in [4.69, 9.17) is 23.7 Å². The number of carbonyl (C=O) groups excluding carboxylic acids is 3. The van der Waals surface area contributed by atoms with E-state index in [1.807, 2.05) is 48.5 Å². The first-order chi connectivity index (χ1) is 25.4. The minimum absolute atomic E-state index is 0.310. The topological polar surface area (TPSA) is 122 Å². The quantitative estimate of drug-likeness (QED) is 0.0265. The van der Waals surface area contributed by atoms with Crippen molar-refractivity contribution in [3.8, 4) is 11.5 Å². The van der Waals surface area contributed by atoms with Gasteiger partial charge in [0.15, 0.2) is 6.10 Å². The normalized spacial score (nSPS) is 11.5. The summed E-state index contributed by atoms with van der Waals surface area (Å²) in [5.74, 6) is 0.0153. The Morgan fingerprint density at radius 2 is 1.13 bits per heavy atom. The second-order valence-electron chi connectivity index (χ2n) is 12.5. The lowest BCUT2D eigenvalue weighted by molar-refractivity contribution is -0.153. The highest BCUT2D eigenvalue weighted by Gasteiger charge is 2.20. The third-order valence-corrected chi connectivity index (χ3v) is 8.13. The summed E-state index contributed by atoms with van der Waals surface area (Å²) in [7, 11) is 0. The van der Waals surface area contributed by atoms with Crippen molar-refractivity contribution in [3.63, 3.8) is 0 Å². The fraction of sp³-hybridized carbons (Fsp3) is 0.452. The molecule has 10 nitrogen and oxygen atoms in total. The van der Waals surface area contributed by atoms with E-state index in [0.717, 1.165) is 74.8 Å². The summed E-state index contributed by atoms with van der Waals surface area (Å²) in [5.41, 5.74) is 2.64. The smallest absolute Gasteiger partial charge is 0.347 e. The standard InChI is InChI=1S/C42H54N2O8/c1-4-6-7-14-31-50-41(46)33(3)52-42(47)35-19-17-34(18-20-35)32-51-39-27-23-37(24-28-39)44-43-36-21-25-38(26-22-36)48-29-15-12-10-8-9-11-13-16-30-49-40(45)5-2/h5,17-28,33H,2,4,6-16,29-32H2,1,3H3. The summed E-state index contributed by atoms with van der Waals surface area (Å²) in [6, 6.07) is 21.7. The van der Waals surface area contributed by atoms with Gasteiger partial charge in [-0.15, -0.1) is 0 Å². The molecule has 1 atom stereocenters. The van der Waals surface area contributed by atoms with E-state index < -0.39 is 18.0 Å². The number of nitrogens with zero attached hydrogens (tertiary/aromatic N) is 2. The zero-order valence-electron chi connectivity index (χ0n) is 30.8. The maximum atomic E-state index is 12.5. The zero-order chi connectivity index (χ0) is 37.2. The van der Waals surface area contributed by atoms with E-state index in [-0.39, 0.29) is 5.97 Å². The molecule has 0 aliphatic carbocycles. The van der Waals surface area contributed by atoms with Gasteiger partial charge < -0.3 is 23.7 Å². The summed E-state index contributed by atoms with van der Waals surface area (Å²) in [4.78, 5) is 35.6. The molecule has 10 heteroatoms. The molecule has 0 amide bonds. The first kappa shape index (κ1) is 41.4. The van der Waals surface area contributed by atoms with Crippen molar-refractivity contribution in [2.24, 2.45) is 10.2 Å². The van der Waals surface area contributed by atoms with Gasteiger partial charge in [0.2, 0.25) is 0 Å². The van der Waals surface area contributed by atoms with Gasteiger partial charge in [-0.2, -0.15) is 10.2 Å². The van der Waals surface area contributed by atoms with E-state index in [1.165, 1.54) is 32.3 Å². The van der Waals surface area contributed by atoms with E-state index in [9.17, 15) is 14.4 Å². The van der Waals surface area contributed by atoms with Crippen LogP contribution in [0.15, 0.2) is 95.7 Å². The number of carbonyl (C=O) groups is 3. The third kappa shape index (κ3) is 17.3. The number of hydrogen-bond donors (Lipinski definition) is 0. The Labute approximate surface area is 308 Å². The van der Waals surface area contributed by atoms with Crippen LogP contribution in [0.1, 0.15) is 107 Å². The van der Waals surface area contributed by atoms with Crippen molar-refractivity contribution < 1.29 is 38.1 Å². The molecular formula is C42H54N2O8. The third-order valence-electron chi connectivity index (χ3n) is 8.13. The van der Waals surface area contributed by atoms with Crippen LogP contribution < -0.4 is 9.47 Å². The molecule has 0 spiro atoms. The fourth-order valence-electron chi connectivity index (χ4n) is 5.02. The lowest BCUT2D eigenvalue weighted by Gasteiger charge is -2.13. The first-order valence-corrected chi connectivity index (χ1v) is 18.5. The van der Waals surface area contributed by atoms with Gasteiger partial charge in [-0.25, -0.2) is 14.4 Å². The van der Waals surface area contributed by atoms with Crippen molar-refractivity contribution in [2.75, 3.05) is 19.8 Å². The van der Waals surface area contributed by atoms with Crippen molar-refractivity contribution in [1.82, 2.24) is 0 Å². The van der Waals surface area contributed by atoms with Crippen molar-refractivity contribution >= 4 is 29.3 Å². The summed E-state index contributed by atoms with van der Waals surface area (Å²) >= 11 is 0. The van der Waals surface area contributed by atoms with Crippen LogP contribution in [0.3, 0.4) is 0 Å². The second kappa shape index (κ2) is 25.0. The number of ether oxygens (including phenoxy) is 5. The first-order valence-electron chi connectivity index (χ1n) is 18.5. The largest absolute Gasteiger partial charge is 0.494 e. The molecule has 0 fully saturated rings. The number of rotatable bonds is 26. The lowest BCUT2D eigenvalue weighted by Crippen LogP contribution is -2.26. The number of unbranched alkanes of at least 4 members (excludes halogenated alkanes) is 10. The van der Waals surface area contributed by atoms with E-state index in [2.05, 4.69) is 23.7 Å². The van der Waals surface area contributed by atoms with Crippen LogP contribution in [0.5, 0.6) is 11.5 Å². The molecule has 0 bridgehead atoms. The average molecular weight is 715 g/mol. The summed E-state index contributed by atoms with van der Waals surface area (Å²) in [5, 5.41) is 8.65. The Kier molecular flexibility index (Phi) is 20.0. The molecule has 0 aliphatic rings. The summed E-state index contributed by atoms with van der Waals surface area (Å²) < 4.78 is 27.2. The van der Waals surface area contributed by atoms with Crippen molar-refractivity contribution in [2.45, 2.75) is 104 Å². The molecular weight excluding hydrogens is 660 g/mol. The number of hydrogen-bond acceptors (Lipinski definition) is 10. The second-order valence-corrected chi connectivity index (χ2v) is 12.5. The maximum absolute atomic E-state index is 12.5. The van der Waals surface area contributed by atoms with Crippen LogP contribution in [0.25, 0.3) is 0 Å². The number of benzene rings is 3. The van der Waals surface area contributed by atoms with Gasteiger partial charge in [0, 0.05) is 6.08 Å². The molecule has 0 aliphatic heterocycles. The highest BCUT2D eigenvalue weighted by Crippen LogP contribution is 2.24. The molecule has 3 rings (SSSR count). The molecule has 0 saturated heterocycles. The minimum atomic E-state index is -0.974. The van der Waals surface area contributed by atoms with Crippen molar-refractivity contribution in [3.05, 3.63) is 96.6 Å². The van der Waals surface area contributed by atoms with Crippen LogP contribution in [0.2, 0.25) is 0 Å². The predicted octanol–water partition coefficient (Wildman–Crippen LogP) is 10.6. The van der Waals surface area contributed by atoms with Crippen molar-refractivity contribution in [1.29, 1.82) is 0 Å². The highest BCUT2D eigenvalue weighted by atomic mass is 16.6. The van der Waals surface area contributed by atoms with Crippen LogP contribution in [0.4, 0.5) is 11.4 Å². The van der Waals surface area contributed by atoms with Crippen LogP contribution in [0, 0.1) is 0 Å². The van der Waals surface area contributed by atoms with Gasteiger partial charge in [-0.05, 0) is 92.4 Å². The van der Waals surface area contributed by atoms with Gasteiger partial charge in [-0.3, -0.25) is 0 Å². The Bertz CT molecular complexity index is 1500. The van der Waals surface area contributed by atoms with Gasteiger partial charge in [0.25, 0.3) is 0 Å². The minimum Gasteiger partial charge on any atom is -0.494 e.